The lowest BCUT2D eigenvalue weighted by atomic mass is 9.89. The average Bonchev–Trinajstić information content (AvgIpc) is 2.72. The molecular formula is C24H26F2O2. The summed E-state index contributed by atoms with van der Waals surface area (Å²) >= 11 is 0. The van der Waals surface area contributed by atoms with Gasteiger partial charge in [-0.15, -0.1) is 0 Å². The highest BCUT2D eigenvalue weighted by atomic mass is 19.2. The van der Waals surface area contributed by atoms with Crippen LogP contribution in [0.1, 0.15) is 26.7 Å². The molecule has 0 aromatic heterocycles. The summed E-state index contributed by atoms with van der Waals surface area (Å²) in [5, 5.41) is 0. The standard InChI is InChI=1S/C24H26F2O2/c1-3-5-17-6-8-18(9-7-17)16-28-20-12-10-19(11-13-20)21-14-15-22(27-4-2)24(26)23(21)25/h3,5-6,8,10-15,17-18H,4,7,9,16H2,1-2H3/b5-3+. The van der Waals surface area contributed by atoms with E-state index in [4.69, 9.17) is 9.47 Å². The molecule has 0 heterocycles. The van der Waals surface area contributed by atoms with Crippen LogP contribution in [-0.4, -0.2) is 13.2 Å². The number of rotatable bonds is 7. The van der Waals surface area contributed by atoms with Gasteiger partial charge in [-0.1, -0.05) is 36.4 Å². The van der Waals surface area contributed by atoms with Crippen LogP contribution in [-0.2, 0) is 0 Å². The lowest BCUT2D eigenvalue weighted by Gasteiger charge is -2.21. The molecule has 0 bridgehead atoms. The second-order valence-electron chi connectivity index (χ2n) is 6.92. The summed E-state index contributed by atoms with van der Waals surface area (Å²) in [7, 11) is 0. The summed E-state index contributed by atoms with van der Waals surface area (Å²) in [6.07, 6.45) is 11.0. The van der Waals surface area contributed by atoms with E-state index in [1.165, 1.54) is 12.1 Å². The molecule has 0 fully saturated rings. The van der Waals surface area contributed by atoms with E-state index in [1.54, 1.807) is 31.2 Å². The number of ether oxygens (including phenoxy) is 2. The first-order valence-corrected chi connectivity index (χ1v) is 9.77. The predicted octanol–water partition coefficient (Wildman–Crippen LogP) is 6.57. The summed E-state index contributed by atoms with van der Waals surface area (Å²) in [5.74, 6) is -0.271. The maximum atomic E-state index is 14.4. The SMILES string of the molecule is C/C=C/C1C=CC(COc2ccc(-c3ccc(OCC)c(F)c3F)cc2)CC1. The average molecular weight is 384 g/mol. The first kappa shape index (κ1) is 20.1. The smallest absolute Gasteiger partial charge is 0.201 e. The van der Waals surface area contributed by atoms with Gasteiger partial charge in [0.05, 0.1) is 13.2 Å². The topological polar surface area (TPSA) is 18.5 Å². The van der Waals surface area contributed by atoms with E-state index in [1.807, 2.05) is 6.92 Å². The van der Waals surface area contributed by atoms with Crippen molar-refractivity contribution in [3.05, 3.63) is 72.3 Å². The maximum absolute atomic E-state index is 14.4. The normalized spacial score (nSPS) is 19.1. The number of halogens is 2. The summed E-state index contributed by atoms with van der Waals surface area (Å²) < 4.78 is 39.4. The fourth-order valence-corrected chi connectivity index (χ4v) is 3.40. The van der Waals surface area contributed by atoms with Crippen LogP contribution in [0.4, 0.5) is 8.78 Å². The highest BCUT2D eigenvalue weighted by molar-refractivity contribution is 5.66. The van der Waals surface area contributed by atoms with Gasteiger partial charge in [0.2, 0.25) is 5.82 Å². The summed E-state index contributed by atoms with van der Waals surface area (Å²) in [6, 6.07) is 10.1. The first-order chi connectivity index (χ1) is 13.6. The van der Waals surface area contributed by atoms with Crippen molar-refractivity contribution in [1.29, 1.82) is 0 Å². The largest absolute Gasteiger partial charge is 0.493 e. The van der Waals surface area contributed by atoms with Crippen molar-refractivity contribution in [2.24, 2.45) is 11.8 Å². The molecule has 2 aromatic carbocycles. The molecule has 0 N–H and O–H groups in total. The summed E-state index contributed by atoms with van der Waals surface area (Å²) in [5.41, 5.74) is 0.802. The molecule has 28 heavy (non-hydrogen) atoms. The third-order valence-corrected chi connectivity index (χ3v) is 4.92. The highest BCUT2D eigenvalue weighted by Gasteiger charge is 2.16. The molecule has 1 aliphatic rings. The molecule has 0 amide bonds. The van der Waals surface area contributed by atoms with Gasteiger partial charge in [-0.05, 0) is 62.4 Å². The molecule has 4 heteroatoms. The Morgan fingerprint density at radius 2 is 1.75 bits per heavy atom. The first-order valence-electron chi connectivity index (χ1n) is 9.77. The van der Waals surface area contributed by atoms with Crippen LogP contribution < -0.4 is 9.47 Å². The van der Waals surface area contributed by atoms with Crippen molar-refractivity contribution in [2.45, 2.75) is 26.7 Å². The van der Waals surface area contributed by atoms with Gasteiger partial charge in [-0.3, -0.25) is 0 Å². The minimum Gasteiger partial charge on any atom is -0.493 e. The third-order valence-electron chi connectivity index (χ3n) is 4.92. The Bertz CT molecular complexity index is 840. The highest BCUT2D eigenvalue weighted by Crippen LogP contribution is 2.31. The fraction of sp³-hybridized carbons (Fsp3) is 0.333. The Labute approximate surface area is 165 Å². The molecule has 3 rings (SSSR count). The van der Waals surface area contributed by atoms with Gasteiger partial charge in [0.1, 0.15) is 5.75 Å². The molecule has 2 unspecified atom stereocenters. The summed E-state index contributed by atoms with van der Waals surface area (Å²) in [4.78, 5) is 0. The number of allylic oxidation sites excluding steroid dienone is 3. The van der Waals surface area contributed by atoms with E-state index in [0.29, 0.717) is 24.0 Å². The Morgan fingerprint density at radius 1 is 0.964 bits per heavy atom. The van der Waals surface area contributed by atoms with Crippen LogP contribution in [0.25, 0.3) is 11.1 Å². The fourth-order valence-electron chi connectivity index (χ4n) is 3.40. The Balaban J connectivity index is 1.63. The molecular weight excluding hydrogens is 358 g/mol. The Hall–Kier alpha value is -2.62. The minimum atomic E-state index is -0.958. The van der Waals surface area contributed by atoms with Gasteiger partial charge < -0.3 is 9.47 Å². The zero-order valence-corrected chi connectivity index (χ0v) is 16.3. The van der Waals surface area contributed by atoms with Gasteiger partial charge in [-0.2, -0.15) is 4.39 Å². The number of hydrogen-bond acceptors (Lipinski definition) is 2. The molecule has 148 valence electrons. The molecule has 2 aromatic rings. The quantitative estimate of drug-likeness (QED) is 0.503. The van der Waals surface area contributed by atoms with E-state index in [9.17, 15) is 8.78 Å². The van der Waals surface area contributed by atoms with E-state index in [-0.39, 0.29) is 17.9 Å². The number of benzene rings is 2. The van der Waals surface area contributed by atoms with Gasteiger partial charge in [0.25, 0.3) is 0 Å². The monoisotopic (exact) mass is 384 g/mol. The van der Waals surface area contributed by atoms with Crippen LogP contribution in [0.3, 0.4) is 0 Å². The van der Waals surface area contributed by atoms with Gasteiger partial charge in [-0.25, -0.2) is 4.39 Å². The molecule has 0 saturated heterocycles. The van der Waals surface area contributed by atoms with E-state index in [0.717, 1.165) is 18.6 Å². The predicted molar refractivity (Wildman–Crippen MR) is 109 cm³/mol. The number of hydrogen-bond donors (Lipinski definition) is 0. The van der Waals surface area contributed by atoms with Crippen LogP contribution in [0, 0.1) is 23.5 Å². The van der Waals surface area contributed by atoms with Crippen molar-refractivity contribution < 1.29 is 18.3 Å². The van der Waals surface area contributed by atoms with Crippen LogP contribution in [0.15, 0.2) is 60.7 Å². The maximum Gasteiger partial charge on any atom is 0.201 e. The second kappa shape index (κ2) is 9.54. The zero-order chi connectivity index (χ0) is 19.9. The second-order valence-corrected chi connectivity index (χ2v) is 6.92. The molecule has 1 aliphatic carbocycles. The lowest BCUT2D eigenvalue weighted by Crippen LogP contribution is -2.14. The van der Waals surface area contributed by atoms with Crippen molar-refractivity contribution >= 4 is 0 Å². The van der Waals surface area contributed by atoms with Crippen LogP contribution >= 0.6 is 0 Å². The molecule has 0 spiro atoms. The minimum absolute atomic E-state index is 0.0686. The summed E-state index contributed by atoms with van der Waals surface area (Å²) in [6.45, 7) is 4.67. The van der Waals surface area contributed by atoms with Gasteiger partial charge in [0, 0.05) is 11.5 Å². The van der Waals surface area contributed by atoms with Crippen LogP contribution in [0.5, 0.6) is 11.5 Å². The van der Waals surface area contributed by atoms with Gasteiger partial charge in [0.15, 0.2) is 11.6 Å². The van der Waals surface area contributed by atoms with Crippen molar-refractivity contribution in [3.8, 4) is 22.6 Å². The van der Waals surface area contributed by atoms with E-state index < -0.39 is 11.6 Å². The Morgan fingerprint density at radius 3 is 2.39 bits per heavy atom. The molecule has 0 aliphatic heterocycles. The van der Waals surface area contributed by atoms with Crippen molar-refractivity contribution in [1.82, 2.24) is 0 Å². The molecule has 2 atom stereocenters. The van der Waals surface area contributed by atoms with Crippen molar-refractivity contribution in [3.63, 3.8) is 0 Å². The molecule has 0 radical (unpaired) electrons. The van der Waals surface area contributed by atoms with E-state index in [2.05, 4.69) is 24.3 Å². The van der Waals surface area contributed by atoms with Gasteiger partial charge >= 0.3 is 0 Å². The third kappa shape index (κ3) is 4.80. The lowest BCUT2D eigenvalue weighted by molar-refractivity contribution is 0.259. The zero-order valence-electron chi connectivity index (χ0n) is 16.3. The van der Waals surface area contributed by atoms with E-state index >= 15 is 0 Å². The van der Waals surface area contributed by atoms with Crippen molar-refractivity contribution in [2.75, 3.05) is 13.2 Å². The Kier molecular flexibility index (Phi) is 6.85. The van der Waals surface area contributed by atoms with Crippen LogP contribution in [0.2, 0.25) is 0 Å². The molecule has 2 nitrogen and oxygen atoms in total. The molecule has 0 saturated carbocycles.